The molecule has 2 heteroatoms. The SMILES string of the molecule is CCCCc1cc(C(C)(c2ccccc2)c2ccc(O)c(CCCC)c2)ccc1O. The van der Waals surface area contributed by atoms with E-state index >= 15 is 0 Å². The molecule has 0 aliphatic rings. The second kappa shape index (κ2) is 9.84. The maximum atomic E-state index is 10.4. The molecule has 158 valence electrons. The van der Waals surface area contributed by atoms with Crippen LogP contribution in [0.3, 0.4) is 0 Å². The van der Waals surface area contributed by atoms with E-state index in [4.69, 9.17) is 0 Å². The highest BCUT2D eigenvalue weighted by molar-refractivity contribution is 5.54. The van der Waals surface area contributed by atoms with Crippen molar-refractivity contribution in [3.05, 3.63) is 94.5 Å². The Kier molecular flexibility index (Phi) is 7.20. The van der Waals surface area contributed by atoms with Gasteiger partial charge in [0.2, 0.25) is 0 Å². The zero-order chi connectivity index (χ0) is 21.6. The Balaban J connectivity index is 2.17. The van der Waals surface area contributed by atoms with Gasteiger partial charge in [0.1, 0.15) is 11.5 Å². The first-order valence-corrected chi connectivity index (χ1v) is 11.2. The molecule has 0 amide bonds. The maximum absolute atomic E-state index is 10.4. The van der Waals surface area contributed by atoms with E-state index in [1.165, 1.54) is 5.56 Å². The highest BCUT2D eigenvalue weighted by Gasteiger charge is 2.32. The van der Waals surface area contributed by atoms with E-state index in [0.29, 0.717) is 11.5 Å². The summed E-state index contributed by atoms with van der Waals surface area (Å²) in [6.07, 6.45) is 6.05. The van der Waals surface area contributed by atoms with Gasteiger partial charge in [0.05, 0.1) is 0 Å². The Labute approximate surface area is 181 Å². The van der Waals surface area contributed by atoms with Crippen LogP contribution in [0.15, 0.2) is 66.7 Å². The normalized spacial score (nSPS) is 11.6. The van der Waals surface area contributed by atoms with Crippen LogP contribution in [0, 0.1) is 0 Å². The molecule has 0 spiro atoms. The fourth-order valence-corrected chi connectivity index (χ4v) is 4.20. The molecule has 2 N–H and O–H groups in total. The van der Waals surface area contributed by atoms with Gasteiger partial charge in [-0.1, -0.05) is 81.3 Å². The van der Waals surface area contributed by atoms with Crippen molar-refractivity contribution < 1.29 is 10.2 Å². The van der Waals surface area contributed by atoms with Crippen LogP contribution in [0.5, 0.6) is 11.5 Å². The minimum atomic E-state index is -0.384. The summed E-state index contributed by atoms with van der Waals surface area (Å²) in [6, 6.07) is 22.6. The third-order valence-corrected chi connectivity index (χ3v) is 6.26. The number of unbranched alkanes of at least 4 members (excludes halogenated alkanes) is 2. The molecular formula is C28H34O2. The highest BCUT2D eigenvalue weighted by Crippen LogP contribution is 2.41. The highest BCUT2D eigenvalue weighted by atomic mass is 16.3. The lowest BCUT2D eigenvalue weighted by atomic mass is 9.70. The molecule has 0 unspecified atom stereocenters. The predicted molar refractivity (Wildman–Crippen MR) is 125 cm³/mol. The van der Waals surface area contributed by atoms with Gasteiger partial charge in [0.15, 0.2) is 0 Å². The van der Waals surface area contributed by atoms with Crippen molar-refractivity contribution in [3.63, 3.8) is 0 Å². The fourth-order valence-electron chi connectivity index (χ4n) is 4.20. The van der Waals surface area contributed by atoms with Crippen molar-refractivity contribution in [3.8, 4) is 11.5 Å². The van der Waals surface area contributed by atoms with E-state index in [9.17, 15) is 10.2 Å². The second-order valence-corrected chi connectivity index (χ2v) is 8.39. The fraction of sp³-hybridized carbons (Fsp3) is 0.357. The standard InChI is InChI=1S/C28H34O2/c1-4-6-11-21-19-24(15-17-26(21)29)28(3,23-13-9-8-10-14-23)25-16-18-27(30)22(20-25)12-7-5-2/h8-10,13-20,29-30H,4-7,11-12H2,1-3H3. The summed E-state index contributed by atoms with van der Waals surface area (Å²) < 4.78 is 0. The molecule has 0 heterocycles. The Morgan fingerprint density at radius 2 is 1.10 bits per heavy atom. The summed E-state index contributed by atoms with van der Waals surface area (Å²) in [7, 11) is 0. The number of hydrogen-bond acceptors (Lipinski definition) is 2. The summed E-state index contributed by atoms with van der Waals surface area (Å²) in [5.41, 5.74) is 5.13. The molecule has 0 radical (unpaired) electrons. The monoisotopic (exact) mass is 402 g/mol. The van der Waals surface area contributed by atoms with Gasteiger partial charge in [-0.2, -0.15) is 0 Å². The van der Waals surface area contributed by atoms with E-state index in [1.54, 1.807) is 0 Å². The number of phenolic OH excluding ortho intramolecular Hbond substituents is 2. The van der Waals surface area contributed by atoms with Gasteiger partial charge in [-0.05, 0) is 72.6 Å². The van der Waals surface area contributed by atoms with Crippen LogP contribution in [0.4, 0.5) is 0 Å². The quantitative estimate of drug-likeness (QED) is 0.373. The predicted octanol–water partition coefficient (Wildman–Crippen LogP) is 7.14. The largest absolute Gasteiger partial charge is 0.508 e. The molecule has 0 aliphatic heterocycles. The van der Waals surface area contributed by atoms with Crippen LogP contribution in [0.25, 0.3) is 0 Å². The van der Waals surface area contributed by atoms with E-state index in [0.717, 1.165) is 60.8 Å². The maximum Gasteiger partial charge on any atom is 0.118 e. The van der Waals surface area contributed by atoms with Gasteiger partial charge >= 0.3 is 0 Å². The van der Waals surface area contributed by atoms with Crippen LogP contribution in [-0.4, -0.2) is 10.2 Å². The Morgan fingerprint density at radius 1 is 0.633 bits per heavy atom. The first-order chi connectivity index (χ1) is 14.5. The van der Waals surface area contributed by atoms with E-state index in [2.05, 4.69) is 57.2 Å². The van der Waals surface area contributed by atoms with E-state index in [1.807, 2.05) is 30.3 Å². The molecule has 0 saturated carbocycles. The Morgan fingerprint density at radius 3 is 1.53 bits per heavy atom. The molecule has 3 aromatic rings. The molecule has 3 aromatic carbocycles. The topological polar surface area (TPSA) is 40.5 Å². The molecule has 0 saturated heterocycles. The Hall–Kier alpha value is -2.74. The van der Waals surface area contributed by atoms with Gasteiger partial charge < -0.3 is 10.2 Å². The van der Waals surface area contributed by atoms with Crippen molar-refractivity contribution >= 4 is 0 Å². The van der Waals surface area contributed by atoms with E-state index < -0.39 is 0 Å². The number of hydrogen-bond donors (Lipinski definition) is 2. The van der Waals surface area contributed by atoms with E-state index in [-0.39, 0.29) is 5.41 Å². The van der Waals surface area contributed by atoms with Gasteiger partial charge in [-0.25, -0.2) is 0 Å². The van der Waals surface area contributed by atoms with Gasteiger partial charge in [0, 0.05) is 5.41 Å². The summed E-state index contributed by atoms with van der Waals surface area (Å²) in [5.74, 6) is 0.744. The van der Waals surface area contributed by atoms with Crippen LogP contribution in [-0.2, 0) is 18.3 Å². The molecule has 2 nitrogen and oxygen atoms in total. The average molecular weight is 403 g/mol. The first kappa shape index (κ1) is 22.0. The lowest BCUT2D eigenvalue weighted by Gasteiger charge is -2.33. The lowest BCUT2D eigenvalue weighted by Crippen LogP contribution is -2.25. The second-order valence-electron chi connectivity index (χ2n) is 8.39. The lowest BCUT2D eigenvalue weighted by molar-refractivity contribution is 0.465. The number of phenols is 2. The zero-order valence-corrected chi connectivity index (χ0v) is 18.5. The van der Waals surface area contributed by atoms with Gasteiger partial charge in [-0.15, -0.1) is 0 Å². The van der Waals surface area contributed by atoms with Crippen LogP contribution < -0.4 is 0 Å². The van der Waals surface area contributed by atoms with Crippen molar-refractivity contribution in [1.82, 2.24) is 0 Å². The van der Waals surface area contributed by atoms with Crippen molar-refractivity contribution in [2.45, 2.75) is 64.7 Å². The average Bonchev–Trinajstić information content (AvgIpc) is 2.78. The number of benzene rings is 3. The molecule has 0 atom stereocenters. The zero-order valence-electron chi connectivity index (χ0n) is 18.5. The number of aromatic hydroxyl groups is 2. The molecule has 0 aliphatic carbocycles. The third-order valence-electron chi connectivity index (χ3n) is 6.26. The molecule has 30 heavy (non-hydrogen) atoms. The third kappa shape index (κ3) is 4.53. The minimum absolute atomic E-state index is 0.372. The summed E-state index contributed by atoms with van der Waals surface area (Å²) in [4.78, 5) is 0. The van der Waals surface area contributed by atoms with Crippen LogP contribution in [0.2, 0.25) is 0 Å². The molecular weight excluding hydrogens is 368 g/mol. The number of rotatable bonds is 9. The van der Waals surface area contributed by atoms with Crippen molar-refractivity contribution in [2.24, 2.45) is 0 Å². The first-order valence-electron chi connectivity index (χ1n) is 11.2. The van der Waals surface area contributed by atoms with Crippen molar-refractivity contribution in [1.29, 1.82) is 0 Å². The smallest absolute Gasteiger partial charge is 0.118 e. The minimum Gasteiger partial charge on any atom is -0.508 e. The number of aryl methyl sites for hydroxylation is 2. The summed E-state index contributed by atoms with van der Waals surface area (Å²) in [6.45, 7) is 6.58. The molecule has 0 aromatic heterocycles. The molecule has 0 fully saturated rings. The van der Waals surface area contributed by atoms with Gasteiger partial charge in [-0.3, -0.25) is 0 Å². The molecule has 3 rings (SSSR count). The van der Waals surface area contributed by atoms with Crippen LogP contribution >= 0.6 is 0 Å². The summed E-state index contributed by atoms with van der Waals surface area (Å²) in [5, 5.41) is 20.8. The van der Waals surface area contributed by atoms with Crippen molar-refractivity contribution in [2.75, 3.05) is 0 Å². The van der Waals surface area contributed by atoms with Gasteiger partial charge in [0.25, 0.3) is 0 Å². The molecule has 0 bridgehead atoms. The Bertz CT molecular complexity index is 902. The van der Waals surface area contributed by atoms with Crippen LogP contribution in [0.1, 0.15) is 74.3 Å². The summed E-state index contributed by atoms with van der Waals surface area (Å²) >= 11 is 0.